The van der Waals surface area contributed by atoms with Crippen LogP contribution in [0.2, 0.25) is 0 Å². The van der Waals surface area contributed by atoms with E-state index in [0.717, 1.165) is 19.4 Å². The fourth-order valence-electron chi connectivity index (χ4n) is 1.75. The highest BCUT2D eigenvalue weighted by molar-refractivity contribution is 5.25. The topological polar surface area (TPSA) is 12.5 Å². The van der Waals surface area contributed by atoms with Crippen LogP contribution in [-0.4, -0.2) is 12.2 Å². The lowest BCUT2D eigenvalue weighted by Crippen LogP contribution is -2.05. The number of hydrogen-bond donors (Lipinski definition) is 0. The molecule has 0 radical (unpaired) electrons. The predicted molar refractivity (Wildman–Crippen MR) is 63.2 cm³/mol. The first kappa shape index (κ1) is 10.7. The van der Waals surface area contributed by atoms with Crippen molar-refractivity contribution in [2.45, 2.75) is 45.1 Å². The molecule has 1 aliphatic heterocycles. The van der Waals surface area contributed by atoms with E-state index in [1.54, 1.807) is 0 Å². The minimum atomic E-state index is 0.191. The van der Waals surface area contributed by atoms with Crippen LogP contribution >= 0.6 is 0 Å². The molecule has 0 saturated carbocycles. The van der Waals surface area contributed by atoms with Gasteiger partial charge in [-0.25, -0.2) is 0 Å². The molecule has 0 aliphatic carbocycles. The summed E-state index contributed by atoms with van der Waals surface area (Å²) in [5.74, 6) is 0.628. The highest BCUT2D eigenvalue weighted by Crippen LogP contribution is 2.31. The molecule has 82 valence electrons. The smallest absolute Gasteiger partial charge is 0.0891 e. The van der Waals surface area contributed by atoms with E-state index in [4.69, 9.17) is 4.74 Å². The van der Waals surface area contributed by atoms with Crippen LogP contribution in [0, 0.1) is 0 Å². The first-order valence-corrected chi connectivity index (χ1v) is 5.82. The molecule has 1 atom stereocenters. The third-order valence-electron chi connectivity index (χ3n) is 3.23. The Labute approximate surface area is 92.5 Å². The van der Waals surface area contributed by atoms with Gasteiger partial charge in [0, 0.05) is 0 Å². The molecule has 0 bridgehead atoms. The summed E-state index contributed by atoms with van der Waals surface area (Å²) in [5, 5.41) is 0. The molecule has 2 rings (SSSR count). The standard InChI is InChI=1S/C14H20O/c1-11(2)13-6-4-12(5-7-13)8-9-14(3)10-15-14/h4-7,11H,8-10H2,1-3H3. The monoisotopic (exact) mass is 204 g/mol. The Morgan fingerprint density at radius 2 is 1.87 bits per heavy atom. The zero-order chi connectivity index (χ0) is 10.9. The van der Waals surface area contributed by atoms with Crippen molar-refractivity contribution in [1.29, 1.82) is 0 Å². The normalized spacial score (nSPS) is 24.5. The van der Waals surface area contributed by atoms with Gasteiger partial charge in [0.05, 0.1) is 12.2 Å². The Morgan fingerprint density at radius 3 is 2.33 bits per heavy atom. The van der Waals surface area contributed by atoms with Gasteiger partial charge in [-0.2, -0.15) is 0 Å². The zero-order valence-corrected chi connectivity index (χ0v) is 9.92. The van der Waals surface area contributed by atoms with Gasteiger partial charge in [-0.05, 0) is 36.8 Å². The summed E-state index contributed by atoms with van der Waals surface area (Å²) in [6, 6.07) is 8.99. The van der Waals surface area contributed by atoms with E-state index < -0.39 is 0 Å². The number of ether oxygens (including phenoxy) is 1. The van der Waals surface area contributed by atoms with Crippen LogP contribution in [0.5, 0.6) is 0 Å². The van der Waals surface area contributed by atoms with Crippen molar-refractivity contribution < 1.29 is 4.74 Å². The zero-order valence-electron chi connectivity index (χ0n) is 9.92. The predicted octanol–water partition coefficient (Wildman–Crippen LogP) is 3.53. The summed E-state index contributed by atoms with van der Waals surface area (Å²) < 4.78 is 5.38. The molecule has 1 unspecified atom stereocenters. The van der Waals surface area contributed by atoms with Gasteiger partial charge in [0.15, 0.2) is 0 Å². The highest BCUT2D eigenvalue weighted by Gasteiger charge is 2.38. The highest BCUT2D eigenvalue weighted by atomic mass is 16.6. The van der Waals surface area contributed by atoms with Gasteiger partial charge < -0.3 is 4.74 Å². The fourth-order valence-corrected chi connectivity index (χ4v) is 1.75. The molecule has 0 spiro atoms. The van der Waals surface area contributed by atoms with Gasteiger partial charge in [-0.3, -0.25) is 0 Å². The lowest BCUT2D eigenvalue weighted by atomic mass is 9.98. The molecule has 1 aliphatic rings. The Hall–Kier alpha value is -0.820. The summed E-state index contributed by atoms with van der Waals surface area (Å²) >= 11 is 0. The number of rotatable bonds is 4. The van der Waals surface area contributed by atoms with Crippen LogP contribution in [-0.2, 0) is 11.2 Å². The molecule has 1 aromatic carbocycles. The quantitative estimate of drug-likeness (QED) is 0.683. The first-order chi connectivity index (χ1) is 7.09. The fraction of sp³-hybridized carbons (Fsp3) is 0.571. The van der Waals surface area contributed by atoms with E-state index in [1.807, 2.05) is 0 Å². The van der Waals surface area contributed by atoms with Crippen LogP contribution in [0.3, 0.4) is 0 Å². The van der Waals surface area contributed by atoms with E-state index in [0.29, 0.717) is 5.92 Å². The lowest BCUT2D eigenvalue weighted by Gasteiger charge is -2.08. The minimum Gasteiger partial charge on any atom is -0.370 e. The Balaban J connectivity index is 1.92. The minimum absolute atomic E-state index is 0.191. The maximum atomic E-state index is 5.38. The van der Waals surface area contributed by atoms with E-state index in [2.05, 4.69) is 45.0 Å². The van der Waals surface area contributed by atoms with Crippen molar-refractivity contribution in [3.05, 3.63) is 35.4 Å². The number of hydrogen-bond acceptors (Lipinski definition) is 1. The second kappa shape index (κ2) is 3.97. The van der Waals surface area contributed by atoms with E-state index in [1.165, 1.54) is 11.1 Å². The molecule has 15 heavy (non-hydrogen) atoms. The molecule has 1 heteroatoms. The molecule has 0 N–H and O–H groups in total. The van der Waals surface area contributed by atoms with Crippen molar-refractivity contribution in [3.63, 3.8) is 0 Å². The largest absolute Gasteiger partial charge is 0.370 e. The van der Waals surface area contributed by atoms with Crippen molar-refractivity contribution in [2.75, 3.05) is 6.61 Å². The van der Waals surface area contributed by atoms with Gasteiger partial charge in [0.2, 0.25) is 0 Å². The molecule has 0 amide bonds. The Bertz CT molecular complexity index is 320. The molecular formula is C14H20O. The van der Waals surface area contributed by atoms with Gasteiger partial charge in [-0.15, -0.1) is 0 Å². The third-order valence-corrected chi connectivity index (χ3v) is 3.23. The Kier molecular flexibility index (Phi) is 2.83. The summed E-state index contributed by atoms with van der Waals surface area (Å²) in [6.45, 7) is 7.59. The van der Waals surface area contributed by atoms with Crippen LogP contribution in [0.4, 0.5) is 0 Å². The van der Waals surface area contributed by atoms with Crippen molar-refractivity contribution in [3.8, 4) is 0 Å². The molecule has 1 saturated heterocycles. The molecule has 0 aromatic heterocycles. The Morgan fingerprint density at radius 1 is 1.27 bits per heavy atom. The average molecular weight is 204 g/mol. The maximum absolute atomic E-state index is 5.38. The van der Waals surface area contributed by atoms with Gasteiger partial charge >= 0.3 is 0 Å². The summed E-state index contributed by atoms with van der Waals surface area (Å²) in [5.41, 5.74) is 3.04. The van der Waals surface area contributed by atoms with E-state index in [-0.39, 0.29) is 5.60 Å². The first-order valence-electron chi connectivity index (χ1n) is 5.82. The summed E-state index contributed by atoms with van der Waals surface area (Å²) in [6.07, 6.45) is 2.28. The van der Waals surface area contributed by atoms with Gasteiger partial charge in [-0.1, -0.05) is 38.1 Å². The van der Waals surface area contributed by atoms with Crippen molar-refractivity contribution in [1.82, 2.24) is 0 Å². The molecule has 1 aromatic rings. The molecule has 1 nitrogen and oxygen atoms in total. The van der Waals surface area contributed by atoms with Crippen LogP contribution < -0.4 is 0 Å². The maximum Gasteiger partial charge on any atom is 0.0891 e. The van der Waals surface area contributed by atoms with E-state index in [9.17, 15) is 0 Å². The molecule has 1 heterocycles. The average Bonchev–Trinajstić information content (AvgIpc) is 2.95. The molecule has 1 fully saturated rings. The second-order valence-corrected chi connectivity index (χ2v) is 5.13. The van der Waals surface area contributed by atoms with Crippen LogP contribution in [0.25, 0.3) is 0 Å². The van der Waals surface area contributed by atoms with Crippen LogP contribution in [0.1, 0.15) is 44.2 Å². The third kappa shape index (κ3) is 2.82. The van der Waals surface area contributed by atoms with Gasteiger partial charge in [0.1, 0.15) is 0 Å². The van der Waals surface area contributed by atoms with Gasteiger partial charge in [0.25, 0.3) is 0 Å². The summed E-state index contributed by atoms with van der Waals surface area (Å²) in [7, 11) is 0. The number of benzene rings is 1. The van der Waals surface area contributed by atoms with Crippen LogP contribution in [0.15, 0.2) is 24.3 Å². The SMILES string of the molecule is CC(C)c1ccc(CCC2(C)CO2)cc1. The number of epoxide rings is 1. The molecular weight excluding hydrogens is 184 g/mol. The lowest BCUT2D eigenvalue weighted by molar-refractivity contribution is 0.309. The van der Waals surface area contributed by atoms with Crippen molar-refractivity contribution in [2.24, 2.45) is 0 Å². The van der Waals surface area contributed by atoms with E-state index >= 15 is 0 Å². The second-order valence-electron chi connectivity index (χ2n) is 5.13. The van der Waals surface area contributed by atoms with Crippen molar-refractivity contribution >= 4 is 0 Å². The summed E-state index contributed by atoms with van der Waals surface area (Å²) in [4.78, 5) is 0. The number of aryl methyl sites for hydroxylation is 1.